The van der Waals surface area contributed by atoms with Crippen LogP contribution in [0.4, 0.5) is 0 Å². The maximum Gasteiger partial charge on any atom is 0.227 e. The lowest BCUT2D eigenvalue weighted by molar-refractivity contribution is -0.144. The van der Waals surface area contributed by atoms with Gasteiger partial charge in [-0.15, -0.1) is 0 Å². The number of nitrogens with one attached hydrogen (secondary N) is 2. The van der Waals surface area contributed by atoms with Gasteiger partial charge in [0.25, 0.3) is 0 Å². The molecule has 0 radical (unpaired) electrons. The lowest BCUT2D eigenvalue weighted by Crippen LogP contribution is -2.73. The lowest BCUT2D eigenvalue weighted by atomic mass is 9.66. The molecule has 5 fully saturated rings. The molecule has 0 aromatic heterocycles. The van der Waals surface area contributed by atoms with Crippen LogP contribution in [0.2, 0.25) is 0 Å². The van der Waals surface area contributed by atoms with E-state index in [0.29, 0.717) is 18.6 Å². The van der Waals surface area contributed by atoms with Crippen LogP contribution in [0.5, 0.6) is 0 Å². The Bertz CT molecular complexity index is 801. The van der Waals surface area contributed by atoms with E-state index < -0.39 is 12.1 Å². The Kier molecular flexibility index (Phi) is 8.62. The van der Waals surface area contributed by atoms with E-state index in [4.69, 9.17) is 23.1 Å². The molecule has 6 rings (SSSR count). The highest BCUT2D eigenvalue weighted by Gasteiger charge is 2.56. The molecule has 2 bridgehead atoms. The second-order valence-corrected chi connectivity index (χ2v) is 12.5. The van der Waals surface area contributed by atoms with Crippen molar-refractivity contribution in [2.75, 3.05) is 45.8 Å². The van der Waals surface area contributed by atoms with Gasteiger partial charge in [-0.25, -0.2) is 0 Å². The van der Waals surface area contributed by atoms with Crippen LogP contribution < -0.4 is 22.1 Å². The summed E-state index contributed by atoms with van der Waals surface area (Å²) in [6.07, 6.45) is 11.8. The molecule has 0 aromatic carbocycles. The van der Waals surface area contributed by atoms with E-state index in [0.717, 1.165) is 56.9 Å². The third-order valence-electron chi connectivity index (χ3n) is 9.90. The van der Waals surface area contributed by atoms with Crippen molar-refractivity contribution in [3.8, 4) is 0 Å². The predicted octanol–water partition coefficient (Wildman–Crippen LogP) is 1.39. The normalized spacial score (nSPS) is 38.1. The first-order valence-electron chi connectivity index (χ1n) is 14.5. The summed E-state index contributed by atoms with van der Waals surface area (Å²) in [5, 5.41) is 7.86. The molecule has 5 unspecified atom stereocenters. The van der Waals surface area contributed by atoms with Crippen molar-refractivity contribution in [3.05, 3.63) is 11.1 Å². The van der Waals surface area contributed by atoms with Gasteiger partial charge in [-0.3, -0.25) is 14.6 Å². The third kappa shape index (κ3) is 5.37. The fourth-order valence-electron chi connectivity index (χ4n) is 7.87. The van der Waals surface area contributed by atoms with Gasteiger partial charge in [-0.1, -0.05) is 43.9 Å². The minimum Gasteiger partial charge on any atom is -0.350 e. The summed E-state index contributed by atoms with van der Waals surface area (Å²) in [5.41, 5.74) is 12.8. The zero-order valence-electron chi connectivity index (χ0n) is 22.1. The van der Waals surface area contributed by atoms with E-state index in [1.807, 2.05) is 0 Å². The fourth-order valence-corrected chi connectivity index (χ4v) is 8.07. The maximum absolute atomic E-state index is 13.9. The Hall–Kier alpha value is -0.740. The second-order valence-electron chi connectivity index (χ2n) is 12.0. The first-order valence-corrected chi connectivity index (χ1v) is 14.9. The Morgan fingerprint density at radius 3 is 2.78 bits per heavy atom. The van der Waals surface area contributed by atoms with E-state index in [1.54, 1.807) is 0 Å². The second kappa shape index (κ2) is 11.6. The molecule has 6 aliphatic heterocycles. The number of carbonyl (C=O) groups is 1. The number of hydrogen-bond acceptors (Lipinski definition) is 7. The summed E-state index contributed by atoms with van der Waals surface area (Å²) in [6.45, 7) is 9.42. The highest BCUT2D eigenvalue weighted by molar-refractivity contribution is 6.29. The first kappa shape index (κ1) is 26.9. The van der Waals surface area contributed by atoms with Gasteiger partial charge in [0, 0.05) is 54.9 Å². The molecule has 6 heterocycles. The van der Waals surface area contributed by atoms with Crippen LogP contribution in [0.15, 0.2) is 11.1 Å². The summed E-state index contributed by atoms with van der Waals surface area (Å²) in [6, 6.07) is 1.13. The molecule has 0 saturated carbocycles. The van der Waals surface area contributed by atoms with Crippen molar-refractivity contribution < 1.29 is 4.79 Å². The summed E-state index contributed by atoms with van der Waals surface area (Å²) >= 11 is 6.51. The van der Waals surface area contributed by atoms with Gasteiger partial charge in [0.1, 0.15) is 0 Å². The van der Waals surface area contributed by atoms with Gasteiger partial charge >= 0.3 is 0 Å². The molecule has 8 nitrogen and oxygen atoms in total. The maximum atomic E-state index is 13.9. The SMILES string of the molecule is CCCCCC12CC=C(Cl)CN1C(C(C(=O)NC1CNCCC1N1CCN3CCC1CC3)C(N)N)C2. The van der Waals surface area contributed by atoms with E-state index in [2.05, 4.69) is 38.3 Å². The molecule has 9 heteroatoms. The minimum absolute atomic E-state index is 0.0180. The molecule has 0 spiro atoms. The Morgan fingerprint density at radius 1 is 1.22 bits per heavy atom. The Labute approximate surface area is 222 Å². The monoisotopic (exact) mass is 521 g/mol. The quantitative estimate of drug-likeness (QED) is 0.268. The van der Waals surface area contributed by atoms with Crippen molar-refractivity contribution in [1.29, 1.82) is 0 Å². The molecule has 0 aromatic rings. The highest BCUT2D eigenvalue weighted by Crippen LogP contribution is 2.49. The van der Waals surface area contributed by atoms with Crippen molar-refractivity contribution in [2.24, 2.45) is 17.4 Å². The van der Waals surface area contributed by atoms with Crippen molar-refractivity contribution in [2.45, 2.75) is 101 Å². The summed E-state index contributed by atoms with van der Waals surface area (Å²) in [7, 11) is 0. The number of carbonyl (C=O) groups excluding carboxylic acids is 1. The minimum atomic E-state index is -0.690. The zero-order chi connectivity index (χ0) is 25.3. The molecule has 204 valence electrons. The molecule has 6 aliphatic rings. The van der Waals surface area contributed by atoms with Gasteiger partial charge in [-0.2, -0.15) is 0 Å². The topological polar surface area (TPSA) is 103 Å². The Morgan fingerprint density at radius 2 is 2.03 bits per heavy atom. The summed E-state index contributed by atoms with van der Waals surface area (Å²) in [5.74, 6) is -0.412. The van der Waals surface area contributed by atoms with E-state index >= 15 is 0 Å². The molecular weight excluding hydrogens is 474 g/mol. The van der Waals surface area contributed by atoms with Crippen LogP contribution in [0.25, 0.3) is 0 Å². The fraction of sp³-hybridized carbons (Fsp3) is 0.889. The van der Waals surface area contributed by atoms with Gasteiger partial charge in [0.05, 0.1) is 18.1 Å². The van der Waals surface area contributed by atoms with Crippen LogP contribution in [0.1, 0.15) is 64.7 Å². The standard InChI is InChI=1S/C27H48ClN7O/c1-2-3-4-9-27-10-5-19(28)18-35(27)23(16-27)24(25(29)30)26(36)32-21-17-31-11-6-22(21)34-15-14-33-12-7-20(34)8-13-33/h5,20-25,31H,2-4,6-18,29-30H2,1H3,(H,32,36). The van der Waals surface area contributed by atoms with Gasteiger partial charge in [0.2, 0.25) is 5.91 Å². The molecule has 6 N–H and O–H groups in total. The van der Waals surface area contributed by atoms with Crippen molar-refractivity contribution >= 4 is 17.5 Å². The highest BCUT2D eigenvalue weighted by atomic mass is 35.5. The molecule has 36 heavy (non-hydrogen) atoms. The van der Waals surface area contributed by atoms with E-state index in [-0.39, 0.29) is 23.5 Å². The Balaban J connectivity index is 1.28. The van der Waals surface area contributed by atoms with Crippen LogP contribution >= 0.6 is 11.6 Å². The predicted molar refractivity (Wildman–Crippen MR) is 146 cm³/mol. The van der Waals surface area contributed by atoms with Crippen molar-refractivity contribution in [3.63, 3.8) is 0 Å². The van der Waals surface area contributed by atoms with Crippen LogP contribution in [0, 0.1) is 5.92 Å². The number of rotatable bonds is 9. The number of piperidine rings is 2. The number of unbranched alkanes of at least 4 members (excludes halogenated alkanes) is 2. The summed E-state index contributed by atoms with van der Waals surface area (Å²) in [4.78, 5) is 21.6. The number of nitrogens with zero attached hydrogens (tertiary/aromatic N) is 3. The van der Waals surface area contributed by atoms with Crippen molar-refractivity contribution in [1.82, 2.24) is 25.3 Å². The molecular formula is C27H48ClN7O. The number of hydrogen-bond donors (Lipinski definition) is 4. The smallest absolute Gasteiger partial charge is 0.227 e. The summed E-state index contributed by atoms with van der Waals surface area (Å²) < 4.78 is 0. The molecule has 1 amide bonds. The lowest BCUT2D eigenvalue weighted by Gasteiger charge is -2.62. The first-order chi connectivity index (χ1) is 17.4. The van der Waals surface area contributed by atoms with Gasteiger partial charge in [0.15, 0.2) is 0 Å². The number of amides is 1. The van der Waals surface area contributed by atoms with Crippen LogP contribution in [0.3, 0.4) is 0 Å². The van der Waals surface area contributed by atoms with Crippen LogP contribution in [-0.4, -0.2) is 102 Å². The van der Waals surface area contributed by atoms with Gasteiger partial charge < -0.3 is 27.0 Å². The average molecular weight is 522 g/mol. The average Bonchev–Trinajstić information content (AvgIpc) is 3.19. The van der Waals surface area contributed by atoms with Crippen LogP contribution in [-0.2, 0) is 4.79 Å². The molecule has 5 atom stereocenters. The van der Waals surface area contributed by atoms with E-state index in [9.17, 15) is 4.79 Å². The third-order valence-corrected chi connectivity index (χ3v) is 10.2. The number of nitrogens with two attached hydrogens (primary N) is 2. The molecule has 5 saturated heterocycles. The zero-order valence-corrected chi connectivity index (χ0v) is 22.9. The van der Waals surface area contributed by atoms with Gasteiger partial charge in [-0.05, 0) is 58.2 Å². The van der Waals surface area contributed by atoms with E-state index in [1.165, 1.54) is 45.2 Å². The number of fused-ring (bicyclic) bond motifs is 5. The largest absolute Gasteiger partial charge is 0.350 e. The number of halogens is 1. The molecule has 0 aliphatic carbocycles.